The highest BCUT2D eigenvalue weighted by Crippen LogP contribution is 2.38. The Hall–Kier alpha value is -0.810. The number of piperazine rings is 1. The van der Waals surface area contributed by atoms with E-state index in [1.807, 2.05) is 24.2 Å². The maximum absolute atomic E-state index is 4.48. The van der Waals surface area contributed by atoms with Crippen molar-refractivity contribution in [3.05, 3.63) is 12.4 Å². The van der Waals surface area contributed by atoms with Crippen LogP contribution in [0.4, 0.5) is 5.95 Å². The summed E-state index contributed by atoms with van der Waals surface area (Å²) in [5.41, 5.74) is 0. The van der Waals surface area contributed by atoms with Gasteiger partial charge in [-0.25, -0.2) is 9.97 Å². The predicted molar refractivity (Wildman–Crippen MR) is 70.6 cm³/mol. The molecule has 0 spiro atoms. The minimum absolute atomic E-state index is 0.521. The first-order valence-corrected chi connectivity index (χ1v) is 7.16. The Morgan fingerprint density at radius 2 is 2.12 bits per heavy atom. The molecule has 0 aromatic carbocycles. The Labute approximate surface area is 106 Å². The lowest BCUT2D eigenvalue weighted by Gasteiger charge is -2.31. The standard InChI is InChI=1S/C12H18N4S/c1-9-8-16(5-4-13-9)12-14-6-11(7-15-12)17-10-2-3-10/h6-7,9-10,13H,2-5,8H2,1H3. The summed E-state index contributed by atoms with van der Waals surface area (Å²) in [5.74, 6) is 0.874. The molecule has 0 radical (unpaired) electrons. The average molecular weight is 250 g/mol. The molecule has 3 rings (SSSR count). The number of nitrogens with zero attached hydrogens (tertiary/aromatic N) is 3. The van der Waals surface area contributed by atoms with Crippen molar-refractivity contribution in [2.45, 2.75) is 36.0 Å². The smallest absolute Gasteiger partial charge is 0.225 e. The molecular weight excluding hydrogens is 232 g/mol. The summed E-state index contributed by atoms with van der Waals surface area (Å²) in [4.78, 5) is 12.4. The van der Waals surface area contributed by atoms with E-state index in [2.05, 4.69) is 27.1 Å². The van der Waals surface area contributed by atoms with Crippen LogP contribution in [0.3, 0.4) is 0 Å². The van der Waals surface area contributed by atoms with Crippen molar-refractivity contribution in [3.63, 3.8) is 0 Å². The molecular formula is C12H18N4S. The van der Waals surface area contributed by atoms with Gasteiger partial charge in [0.15, 0.2) is 0 Å². The zero-order chi connectivity index (χ0) is 11.7. The van der Waals surface area contributed by atoms with Crippen LogP contribution in [-0.2, 0) is 0 Å². The Bertz CT molecular complexity index is 377. The molecule has 2 fully saturated rings. The highest BCUT2D eigenvalue weighted by atomic mass is 32.2. The lowest BCUT2D eigenvalue weighted by atomic mass is 10.2. The molecule has 1 aromatic rings. The summed E-state index contributed by atoms with van der Waals surface area (Å²) >= 11 is 1.91. The highest BCUT2D eigenvalue weighted by molar-refractivity contribution is 8.00. The minimum Gasteiger partial charge on any atom is -0.338 e. The molecule has 1 aliphatic carbocycles. The van der Waals surface area contributed by atoms with E-state index in [-0.39, 0.29) is 0 Å². The number of rotatable bonds is 3. The molecule has 1 aliphatic heterocycles. The van der Waals surface area contributed by atoms with Gasteiger partial charge in [-0.2, -0.15) is 0 Å². The SMILES string of the molecule is CC1CN(c2ncc(SC3CC3)cn2)CCN1. The molecule has 2 aliphatic rings. The van der Waals surface area contributed by atoms with Crippen molar-refractivity contribution < 1.29 is 0 Å². The number of aromatic nitrogens is 2. The third-order valence-corrected chi connectivity index (χ3v) is 4.38. The summed E-state index contributed by atoms with van der Waals surface area (Å²) < 4.78 is 0. The van der Waals surface area contributed by atoms with Gasteiger partial charge in [0.2, 0.25) is 5.95 Å². The quantitative estimate of drug-likeness (QED) is 0.881. The van der Waals surface area contributed by atoms with Crippen LogP contribution < -0.4 is 10.2 Å². The minimum atomic E-state index is 0.521. The lowest BCUT2D eigenvalue weighted by molar-refractivity contribution is 0.479. The van der Waals surface area contributed by atoms with Crippen LogP contribution >= 0.6 is 11.8 Å². The number of thioether (sulfide) groups is 1. The van der Waals surface area contributed by atoms with Gasteiger partial charge in [-0.05, 0) is 19.8 Å². The topological polar surface area (TPSA) is 41.1 Å². The van der Waals surface area contributed by atoms with E-state index in [1.165, 1.54) is 17.7 Å². The normalized spacial score (nSPS) is 25.0. The summed E-state index contributed by atoms with van der Waals surface area (Å²) in [6.45, 7) is 5.21. The first kappa shape index (κ1) is 11.3. The van der Waals surface area contributed by atoms with Gasteiger partial charge >= 0.3 is 0 Å². The summed E-state index contributed by atoms with van der Waals surface area (Å²) in [5, 5.41) is 4.25. The van der Waals surface area contributed by atoms with Crippen molar-refractivity contribution in [3.8, 4) is 0 Å². The van der Waals surface area contributed by atoms with Crippen LogP contribution in [-0.4, -0.2) is 40.9 Å². The van der Waals surface area contributed by atoms with Gasteiger partial charge in [0.25, 0.3) is 0 Å². The third kappa shape index (κ3) is 2.90. The Kier molecular flexibility index (Phi) is 3.20. The number of nitrogens with one attached hydrogen (secondary N) is 1. The molecule has 17 heavy (non-hydrogen) atoms. The van der Waals surface area contributed by atoms with Crippen molar-refractivity contribution in [1.29, 1.82) is 0 Å². The summed E-state index contributed by atoms with van der Waals surface area (Å²) in [6.07, 6.45) is 6.64. The maximum Gasteiger partial charge on any atom is 0.225 e. The van der Waals surface area contributed by atoms with Crippen LogP contribution in [0, 0.1) is 0 Å². The largest absolute Gasteiger partial charge is 0.338 e. The van der Waals surface area contributed by atoms with E-state index >= 15 is 0 Å². The van der Waals surface area contributed by atoms with Crippen molar-refractivity contribution in [2.75, 3.05) is 24.5 Å². The van der Waals surface area contributed by atoms with Gasteiger partial charge in [0.1, 0.15) is 0 Å². The fraction of sp³-hybridized carbons (Fsp3) is 0.667. The molecule has 2 heterocycles. The van der Waals surface area contributed by atoms with Gasteiger partial charge < -0.3 is 10.2 Å². The van der Waals surface area contributed by atoms with E-state index in [0.29, 0.717) is 6.04 Å². The molecule has 5 heteroatoms. The second kappa shape index (κ2) is 4.82. The Morgan fingerprint density at radius 1 is 1.35 bits per heavy atom. The third-order valence-electron chi connectivity index (χ3n) is 3.09. The van der Waals surface area contributed by atoms with Crippen molar-refractivity contribution in [2.24, 2.45) is 0 Å². The van der Waals surface area contributed by atoms with Crippen LogP contribution in [0.2, 0.25) is 0 Å². The zero-order valence-corrected chi connectivity index (χ0v) is 10.9. The van der Waals surface area contributed by atoms with E-state index in [0.717, 1.165) is 30.8 Å². The molecule has 1 aromatic heterocycles. The van der Waals surface area contributed by atoms with Crippen molar-refractivity contribution in [1.82, 2.24) is 15.3 Å². The number of hydrogen-bond donors (Lipinski definition) is 1. The molecule has 0 bridgehead atoms. The average Bonchev–Trinajstić information content (AvgIpc) is 3.14. The molecule has 1 N–H and O–H groups in total. The maximum atomic E-state index is 4.48. The van der Waals surface area contributed by atoms with Crippen LogP contribution in [0.15, 0.2) is 17.3 Å². The van der Waals surface area contributed by atoms with Crippen LogP contribution in [0.25, 0.3) is 0 Å². The van der Waals surface area contributed by atoms with E-state index in [1.54, 1.807) is 0 Å². The van der Waals surface area contributed by atoms with Crippen LogP contribution in [0.1, 0.15) is 19.8 Å². The van der Waals surface area contributed by atoms with E-state index in [9.17, 15) is 0 Å². The van der Waals surface area contributed by atoms with Gasteiger partial charge in [-0.3, -0.25) is 0 Å². The Balaban J connectivity index is 1.65. The van der Waals surface area contributed by atoms with Crippen LogP contribution in [0.5, 0.6) is 0 Å². The summed E-state index contributed by atoms with van der Waals surface area (Å²) in [6, 6.07) is 0.521. The highest BCUT2D eigenvalue weighted by Gasteiger charge is 2.23. The molecule has 1 unspecified atom stereocenters. The zero-order valence-electron chi connectivity index (χ0n) is 10.1. The molecule has 92 valence electrons. The second-order valence-electron chi connectivity index (χ2n) is 4.84. The van der Waals surface area contributed by atoms with Gasteiger partial charge in [-0.15, -0.1) is 11.8 Å². The lowest BCUT2D eigenvalue weighted by Crippen LogP contribution is -2.49. The van der Waals surface area contributed by atoms with E-state index < -0.39 is 0 Å². The monoisotopic (exact) mass is 250 g/mol. The van der Waals surface area contributed by atoms with Gasteiger partial charge in [0, 0.05) is 48.2 Å². The first-order chi connectivity index (χ1) is 8.31. The van der Waals surface area contributed by atoms with E-state index in [4.69, 9.17) is 0 Å². The fourth-order valence-corrected chi connectivity index (χ4v) is 3.01. The van der Waals surface area contributed by atoms with Gasteiger partial charge in [0.05, 0.1) is 0 Å². The van der Waals surface area contributed by atoms with Crippen molar-refractivity contribution >= 4 is 17.7 Å². The number of hydrogen-bond acceptors (Lipinski definition) is 5. The molecule has 0 amide bonds. The molecule has 4 nitrogen and oxygen atoms in total. The fourth-order valence-electron chi connectivity index (χ4n) is 2.03. The number of anilines is 1. The first-order valence-electron chi connectivity index (χ1n) is 6.28. The predicted octanol–water partition coefficient (Wildman–Crippen LogP) is 1.53. The molecule has 1 saturated heterocycles. The Morgan fingerprint density at radius 3 is 2.76 bits per heavy atom. The molecule has 1 atom stereocenters. The summed E-state index contributed by atoms with van der Waals surface area (Å²) in [7, 11) is 0. The second-order valence-corrected chi connectivity index (χ2v) is 6.21. The molecule has 1 saturated carbocycles. The van der Waals surface area contributed by atoms with Gasteiger partial charge in [-0.1, -0.05) is 0 Å².